The van der Waals surface area contributed by atoms with Gasteiger partial charge in [-0.25, -0.2) is 4.68 Å². The molecule has 1 saturated heterocycles. The number of likely N-dealkylation sites (tertiary alicyclic amines) is 1. The van der Waals surface area contributed by atoms with E-state index in [4.69, 9.17) is 9.26 Å². The largest absolute Gasteiger partial charge is 0.494 e. The van der Waals surface area contributed by atoms with E-state index in [-0.39, 0.29) is 11.9 Å². The monoisotopic (exact) mass is 367 g/mol. The van der Waals surface area contributed by atoms with Crippen LogP contribution in [0.4, 0.5) is 0 Å². The van der Waals surface area contributed by atoms with Crippen LogP contribution in [0.25, 0.3) is 5.69 Å². The Morgan fingerprint density at radius 1 is 1.30 bits per heavy atom. The van der Waals surface area contributed by atoms with E-state index in [0.717, 1.165) is 24.9 Å². The highest BCUT2D eigenvalue weighted by Crippen LogP contribution is 2.31. The molecule has 3 aromatic rings. The van der Waals surface area contributed by atoms with Crippen molar-refractivity contribution in [2.75, 3.05) is 13.7 Å². The van der Waals surface area contributed by atoms with Gasteiger partial charge in [0.2, 0.25) is 5.89 Å². The summed E-state index contributed by atoms with van der Waals surface area (Å²) in [6.45, 7) is 2.43. The number of piperidine rings is 1. The van der Waals surface area contributed by atoms with Gasteiger partial charge in [-0.05, 0) is 38.3 Å². The summed E-state index contributed by atoms with van der Waals surface area (Å²) in [6, 6.07) is 7.35. The lowest BCUT2D eigenvalue weighted by molar-refractivity contribution is 0.0561. The molecule has 0 N–H and O–H groups in total. The van der Waals surface area contributed by atoms with Gasteiger partial charge in [0.1, 0.15) is 17.5 Å². The summed E-state index contributed by atoms with van der Waals surface area (Å²) in [7, 11) is 1.61. The van der Waals surface area contributed by atoms with Crippen LogP contribution < -0.4 is 4.74 Å². The van der Waals surface area contributed by atoms with E-state index in [9.17, 15) is 4.79 Å². The van der Waals surface area contributed by atoms with Crippen molar-refractivity contribution in [3.63, 3.8) is 0 Å². The molecule has 1 fully saturated rings. The number of carbonyl (C=O) groups is 1. The van der Waals surface area contributed by atoms with Crippen LogP contribution >= 0.6 is 0 Å². The van der Waals surface area contributed by atoms with Gasteiger partial charge < -0.3 is 14.2 Å². The molecule has 27 heavy (non-hydrogen) atoms. The maximum absolute atomic E-state index is 13.1. The molecule has 1 aliphatic rings. The predicted octanol–water partition coefficient (Wildman–Crippen LogP) is 2.94. The Hall–Kier alpha value is -3.16. The molecule has 2 aromatic heterocycles. The third-order valence-electron chi connectivity index (χ3n) is 4.75. The SMILES string of the molecule is COc1ccccc1-n1cc(C(=O)N2CCCC[C@H]2c2nc(C)no2)cn1. The van der Waals surface area contributed by atoms with Crippen LogP contribution in [0.3, 0.4) is 0 Å². The highest BCUT2D eigenvalue weighted by atomic mass is 16.5. The molecule has 4 rings (SSSR count). The molecule has 0 bridgehead atoms. The minimum atomic E-state index is -0.193. The maximum atomic E-state index is 13.1. The first-order chi connectivity index (χ1) is 13.2. The zero-order chi connectivity index (χ0) is 18.8. The van der Waals surface area contributed by atoms with E-state index >= 15 is 0 Å². The van der Waals surface area contributed by atoms with Gasteiger partial charge in [0.15, 0.2) is 5.82 Å². The van der Waals surface area contributed by atoms with E-state index in [0.29, 0.717) is 29.6 Å². The Bertz CT molecular complexity index is 948. The van der Waals surface area contributed by atoms with Crippen molar-refractivity contribution < 1.29 is 14.1 Å². The van der Waals surface area contributed by atoms with Crippen molar-refractivity contribution in [2.24, 2.45) is 0 Å². The quantitative estimate of drug-likeness (QED) is 0.705. The third kappa shape index (κ3) is 3.30. The molecule has 1 aliphatic heterocycles. The summed E-state index contributed by atoms with van der Waals surface area (Å²) in [5.74, 6) is 1.68. The van der Waals surface area contributed by atoms with Crippen LogP contribution in [-0.4, -0.2) is 44.4 Å². The van der Waals surface area contributed by atoms with Crippen molar-refractivity contribution in [2.45, 2.75) is 32.2 Å². The highest BCUT2D eigenvalue weighted by molar-refractivity contribution is 5.94. The second-order valence-electron chi connectivity index (χ2n) is 6.54. The molecule has 1 aromatic carbocycles. The first-order valence-electron chi connectivity index (χ1n) is 8.96. The highest BCUT2D eigenvalue weighted by Gasteiger charge is 2.33. The molecule has 0 unspecified atom stereocenters. The van der Waals surface area contributed by atoms with Crippen molar-refractivity contribution in [1.82, 2.24) is 24.8 Å². The average molecular weight is 367 g/mol. The summed E-state index contributed by atoms with van der Waals surface area (Å²) in [5.41, 5.74) is 1.30. The lowest BCUT2D eigenvalue weighted by Crippen LogP contribution is -2.38. The van der Waals surface area contributed by atoms with Crippen molar-refractivity contribution in [1.29, 1.82) is 0 Å². The second kappa shape index (κ2) is 7.22. The number of carbonyl (C=O) groups excluding carboxylic acids is 1. The Morgan fingerprint density at radius 2 is 2.15 bits per heavy atom. The molecule has 3 heterocycles. The summed E-state index contributed by atoms with van der Waals surface area (Å²) in [5, 5.41) is 8.22. The molecule has 0 saturated carbocycles. The second-order valence-corrected chi connectivity index (χ2v) is 6.54. The lowest BCUT2D eigenvalue weighted by Gasteiger charge is -2.33. The van der Waals surface area contributed by atoms with Crippen LogP contribution in [0.1, 0.15) is 47.4 Å². The van der Waals surface area contributed by atoms with Gasteiger partial charge in [-0.15, -0.1) is 0 Å². The minimum Gasteiger partial charge on any atom is -0.494 e. The van der Waals surface area contributed by atoms with Gasteiger partial charge in [0.05, 0.1) is 18.9 Å². The lowest BCUT2D eigenvalue weighted by atomic mass is 10.0. The van der Waals surface area contributed by atoms with Crippen LogP contribution in [-0.2, 0) is 0 Å². The van der Waals surface area contributed by atoms with Crippen molar-refractivity contribution in [3.05, 3.63) is 53.9 Å². The Labute approximate surface area is 156 Å². The fourth-order valence-electron chi connectivity index (χ4n) is 3.43. The van der Waals surface area contributed by atoms with Gasteiger partial charge in [0, 0.05) is 12.7 Å². The average Bonchev–Trinajstić information content (AvgIpc) is 3.37. The van der Waals surface area contributed by atoms with Crippen LogP contribution in [0.2, 0.25) is 0 Å². The van der Waals surface area contributed by atoms with E-state index in [1.165, 1.54) is 0 Å². The van der Waals surface area contributed by atoms with Gasteiger partial charge in [0.25, 0.3) is 5.91 Å². The number of benzene rings is 1. The maximum Gasteiger partial charge on any atom is 0.257 e. The molecule has 140 valence electrons. The number of rotatable bonds is 4. The van der Waals surface area contributed by atoms with Gasteiger partial charge in [-0.2, -0.15) is 10.1 Å². The first kappa shape index (κ1) is 17.3. The smallest absolute Gasteiger partial charge is 0.257 e. The van der Waals surface area contributed by atoms with Gasteiger partial charge >= 0.3 is 0 Å². The fourth-order valence-corrected chi connectivity index (χ4v) is 3.43. The summed E-state index contributed by atoms with van der Waals surface area (Å²) in [6.07, 6.45) is 6.10. The molecule has 8 heteroatoms. The standard InChI is InChI=1S/C19H21N5O3/c1-13-21-18(27-22-13)16-8-5-6-10-23(16)19(25)14-11-20-24(12-14)15-7-3-4-9-17(15)26-2/h3-4,7,9,11-12,16H,5-6,8,10H2,1-2H3/t16-/m0/s1. The molecular formula is C19H21N5O3. The molecule has 0 aliphatic carbocycles. The normalized spacial score (nSPS) is 17.1. The Morgan fingerprint density at radius 3 is 2.93 bits per heavy atom. The number of nitrogens with zero attached hydrogens (tertiary/aromatic N) is 5. The molecule has 1 atom stereocenters. The van der Waals surface area contributed by atoms with Gasteiger partial charge in [-0.3, -0.25) is 4.79 Å². The molecule has 0 radical (unpaired) electrons. The first-order valence-corrected chi connectivity index (χ1v) is 8.96. The van der Waals surface area contributed by atoms with Crippen LogP contribution in [0.5, 0.6) is 5.75 Å². The summed E-state index contributed by atoms with van der Waals surface area (Å²) < 4.78 is 12.4. The molecule has 8 nitrogen and oxygen atoms in total. The number of hydrogen-bond donors (Lipinski definition) is 0. The molecule has 1 amide bonds. The van der Waals surface area contributed by atoms with Crippen LogP contribution in [0.15, 0.2) is 41.2 Å². The number of hydrogen-bond acceptors (Lipinski definition) is 6. The number of aryl methyl sites for hydroxylation is 1. The van der Waals surface area contributed by atoms with Crippen LogP contribution in [0, 0.1) is 6.92 Å². The van der Waals surface area contributed by atoms with Crippen molar-refractivity contribution in [3.8, 4) is 11.4 Å². The van der Waals surface area contributed by atoms with E-state index in [1.54, 1.807) is 36.0 Å². The number of methoxy groups -OCH3 is 1. The molecular weight excluding hydrogens is 346 g/mol. The summed E-state index contributed by atoms with van der Waals surface area (Å²) >= 11 is 0. The predicted molar refractivity (Wildman–Crippen MR) is 96.8 cm³/mol. The Balaban J connectivity index is 1.61. The minimum absolute atomic E-state index is 0.0864. The topological polar surface area (TPSA) is 86.3 Å². The molecule has 0 spiro atoms. The summed E-state index contributed by atoms with van der Waals surface area (Å²) in [4.78, 5) is 19.3. The van der Waals surface area contributed by atoms with E-state index in [2.05, 4.69) is 15.2 Å². The van der Waals surface area contributed by atoms with Gasteiger partial charge in [-0.1, -0.05) is 17.3 Å². The fraction of sp³-hybridized carbons (Fsp3) is 0.368. The van der Waals surface area contributed by atoms with E-state index in [1.807, 2.05) is 24.3 Å². The third-order valence-corrected chi connectivity index (χ3v) is 4.75. The Kier molecular flexibility index (Phi) is 4.62. The number of aromatic nitrogens is 4. The number of amides is 1. The van der Waals surface area contributed by atoms with Crippen molar-refractivity contribution >= 4 is 5.91 Å². The van der Waals surface area contributed by atoms with E-state index < -0.39 is 0 Å². The zero-order valence-corrected chi connectivity index (χ0v) is 15.3. The number of para-hydroxylation sites is 2. The number of ether oxygens (including phenoxy) is 1. The zero-order valence-electron chi connectivity index (χ0n) is 15.3.